The highest BCUT2D eigenvalue weighted by Crippen LogP contribution is 2.29. The Labute approximate surface area is 109 Å². The minimum absolute atomic E-state index is 0.0873. The molecule has 1 atom stereocenters. The molecule has 3 rings (SSSR count). The van der Waals surface area contributed by atoms with Crippen molar-refractivity contribution >= 4 is 32.9 Å². The largest absolute Gasteiger partial charge is 0.395 e. The highest BCUT2D eigenvalue weighted by atomic mass is 32.1. The van der Waals surface area contributed by atoms with Crippen LogP contribution >= 0.6 is 11.3 Å². The molecule has 0 bridgehead atoms. The third-order valence-electron chi connectivity index (χ3n) is 2.95. The molecule has 18 heavy (non-hydrogen) atoms. The number of rotatable bonds is 3. The maximum absolute atomic E-state index is 6.09. The summed E-state index contributed by atoms with van der Waals surface area (Å²) in [7, 11) is 0. The molecule has 1 saturated heterocycles. The minimum atomic E-state index is 0.0873. The van der Waals surface area contributed by atoms with Gasteiger partial charge in [0.1, 0.15) is 5.52 Å². The van der Waals surface area contributed by atoms with E-state index < -0.39 is 0 Å². The Balaban J connectivity index is 1.71. The van der Waals surface area contributed by atoms with Crippen LogP contribution in [0.3, 0.4) is 0 Å². The molecule has 1 fully saturated rings. The van der Waals surface area contributed by atoms with Crippen LogP contribution in [0.25, 0.3) is 10.2 Å². The van der Waals surface area contributed by atoms with Crippen molar-refractivity contribution in [1.82, 2.24) is 4.98 Å². The van der Waals surface area contributed by atoms with E-state index in [2.05, 4.69) is 10.3 Å². The van der Waals surface area contributed by atoms with Crippen molar-refractivity contribution in [2.24, 2.45) is 0 Å². The smallest absolute Gasteiger partial charge is 0.106 e. The quantitative estimate of drug-likeness (QED) is 0.827. The number of nitrogens with zero attached hydrogens (tertiary/aromatic N) is 1. The van der Waals surface area contributed by atoms with Crippen LogP contribution in [0.1, 0.15) is 0 Å². The van der Waals surface area contributed by atoms with Gasteiger partial charge in [-0.3, -0.25) is 0 Å². The maximum Gasteiger partial charge on any atom is 0.106 e. The van der Waals surface area contributed by atoms with Gasteiger partial charge in [-0.25, -0.2) is 4.98 Å². The van der Waals surface area contributed by atoms with Gasteiger partial charge >= 0.3 is 0 Å². The van der Waals surface area contributed by atoms with Gasteiger partial charge in [0.05, 0.1) is 47.5 Å². The molecule has 0 radical (unpaired) electrons. The molecule has 3 N–H and O–H groups in total. The van der Waals surface area contributed by atoms with Gasteiger partial charge in [0.15, 0.2) is 0 Å². The highest BCUT2D eigenvalue weighted by molar-refractivity contribution is 7.16. The Morgan fingerprint density at radius 3 is 3.22 bits per heavy atom. The van der Waals surface area contributed by atoms with E-state index in [1.807, 2.05) is 17.6 Å². The topological polar surface area (TPSA) is 69.4 Å². The molecular weight excluding hydrogens is 250 g/mol. The van der Waals surface area contributed by atoms with Crippen molar-refractivity contribution in [2.75, 3.05) is 37.4 Å². The lowest BCUT2D eigenvalue weighted by atomic mass is 10.2. The van der Waals surface area contributed by atoms with Crippen molar-refractivity contribution in [3.05, 3.63) is 17.6 Å². The van der Waals surface area contributed by atoms with Gasteiger partial charge in [-0.05, 0) is 12.1 Å². The van der Waals surface area contributed by atoms with E-state index in [0.717, 1.165) is 15.9 Å². The normalized spacial score (nSPS) is 20.1. The third kappa shape index (κ3) is 2.27. The van der Waals surface area contributed by atoms with Crippen LogP contribution in [0.2, 0.25) is 0 Å². The fourth-order valence-corrected chi connectivity index (χ4v) is 2.68. The molecule has 2 aromatic rings. The van der Waals surface area contributed by atoms with Crippen LogP contribution in [-0.4, -0.2) is 37.5 Å². The first-order valence-corrected chi connectivity index (χ1v) is 6.77. The van der Waals surface area contributed by atoms with Crippen LogP contribution in [0.15, 0.2) is 17.6 Å². The van der Waals surface area contributed by atoms with E-state index in [-0.39, 0.29) is 6.10 Å². The zero-order valence-electron chi connectivity index (χ0n) is 9.89. The standard InChI is InChI=1S/C12H15N3O2S/c13-11-9(1-2-10-12(11)15-7-18-10)14-5-8-6-16-3-4-17-8/h1-2,7-8,14H,3-6,13H2. The molecule has 0 saturated carbocycles. The zero-order valence-corrected chi connectivity index (χ0v) is 10.7. The lowest BCUT2D eigenvalue weighted by molar-refractivity contribution is -0.0818. The Morgan fingerprint density at radius 2 is 2.39 bits per heavy atom. The van der Waals surface area contributed by atoms with E-state index in [1.165, 1.54) is 0 Å². The predicted molar refractivity (Wildman–Crippen MR) is 73.1 cm³/mol. The van der Waals surface area contributed by atoms with E-state index in [0.29, 0.717) is 32.1 Å². The summed E-state index contributed by atoms with van der Waals surface area (Å²) in [6, 6.07) is 4.02. The van der Waals surface area contributed by atoms with Crippen molar-refractivity contribution in [2.45, 2.75) is 6.10 Å². The van der Waals surface area contributed by atoms with Crippen molar-refractivity contribution in [1.29, 1.82) is 0 Å². The fourth-order valence-electron chi connectivity index (χ4n) is 1.98. The van der Waals surface area contributed by atoms with Crippen LogP contribution in [0.4, 0.5) is 11.4 Å². The van der Waals surface area contributed by atoms with Gasteiger partial charge < -0.3 is 20.5 Å². The molecule has 96 valence electrons. The number of hydrogen-bond acceptors (Lipinski definition) is 6. The SMILES string of the molecule is Nc1c(NCC2COCCO2)ccc2scnc12. The molecule has 6 heteroatoms. The molecule has 1 aromatic carbocycles. The third-order valence-corrected chi connectivity index (χ3v) is 3.74. The zero-order chi connectivity index (χ0) is 12.4. The van der Waals surface area contributed by atoms with Gasteiger partial charge in [-0.15, -0.1) is 11.3 Å². The number of nitrogen functional groups attached to an aromatic ring is 1. The Hall–Kier alpha value is -1.37. The summed E-state index contributed by atoms with van der Waals surface area (Å²) in [6.45, 7) is 2.67. The number of nitrogens with one attached hydrogen (secondary N) is 1. The summed E-state index contributed by atoms with van der Waals surface area (Å²) in [6.07, 6.45) is 0.0873. The highest BCUT2D eigenvalue weighted by Gasteiger charge is 2.15. The van der Waals surface area contributed by atoms with Crippen LogP contribution < -0.4 is 11.1 Å². The first kappa shape index (κ1) is 11.7. The van der Waals surface area contributed by atoms with E-state index in [1.54, 1.807) is 11.3 Å². The summed E-state index contributed by atoms with van der Waals surface area (Å²) in [4.78, 5) is 4.27. The van der Waals surface area contributed by atoms with Gasteiger partial charge in [0.25, 0.3) is 0 Å². The number of fused-ring (bicyclic) bond motifs is 1. The average molecular weight is 265 g/mol. The molecule has 0 spiro atoms. The number of thiazole rings is 1. The van der Waals surface area contributed by atoms with Gasteiger partial charge in [0.2, 0.25) is 0 Å². The Morgan fingerprint density at radius 1 is 1.44 bits per heavy atom. The van der Waals surface area contributed by atoms with Crippen molar-refractivity contribution in [3.8, 4) is 0 Å². The van der Waals surface area contributed by atoms with Gasteiger partial charge in [-0.2, -0.15) is 0 Å². The van der Waals surface area contributed by atoms with Gasteiger partial charge in [0, 0.05) is 6.54 Å². The molecule has 1 unspecified atom stereocenters. The number of aromatic nitrogens is 1. The lowest BCUT2D eigenvalue weighted by Crippen LogP contribution is -2.34. The second kappa shape index (κ2) is 5.09. The molecule has 1 aliphatic rings. The maximum atomic E-state index is 6.09. The molecular formula is C12H15N3O2S. The lowest BCUT2D eigenvalue weighted by Gasteiger charge is -2.23. The second-order valence-electron chi connectivity index (χ2n) is 4.17. The van der Waals surface area contributed by atoms with E-state index in [9.17, 15) is 0 Å². The molecule has 0 aliphatic carbocycles. The molecule has 1 aliphatic heterocycles. The monoisotopic (exact) mass is 265 g/mol. The number of hydrogen-bond donors (Lipinski definition) is 2. The van der Waals surface area contributed by atoms with E-state index >= 15 is 0 Å². The summed E-state index contributed by atoms with van der Waals surface area (Å²) < 4.78 is 12.0. The molecule has 5 nitrogen and oxygen atoms in total. The summed E-state index contributed by atoms with van der Waals surface area (Å²) in [5.41, 5.74) is 10.4. The van der Waals surface area contributed by atoms with Crippen LogP contribution in [-0.2, 0) is 9.47 Å². The Kier molecular flexibility index (Phi) is 3.31. The molecule has 2 heterocycles. The number of nitrogens with two attached hydrogens (primary N) is 1. The first-order chi connectivity index (χ1) is 8.84. The number of benzene rings is 1. The fraction of sp³-hybridized carbons (Fsp3) is 0.417. The molecule has 0 amide bonds. The summed E-state index contributed by atoms with van der Waals surface area (Å²) >= 11 is 1.59. The minimum Gasteiger partial charge on any atom is -0.395 e. The summed E-state index contributed by atoms with van der Waals surface area (Å²) in [5.74, 6) is 0. The van der Waals surface area contributed by atoms with Gasteiger partial charge in [-0.1, -0.05) is 0 Å². The summed E-state index contributed by atoms with van der Waals surface area (Å²) in [5, 5.41) is 3.30. The Bertz CT molecular complexity index is 537. The van der Waals surface area contributed by atoms with Crippen LogP contribution in [0.5, 0.6) is 0 Å². The second-order valence-corrected chi connectivity index (χ2v) is 5.06. The number of anilines is 2. The van der Waals surface area contributed by atoms with Crippen molar-refractivity contribution < 1.29 is 9.47 Å². The number of ether oxygens (including phenoxy) is 2. The van der Waals surface area contributed by atoms with Crippen molar-refractivity contribution in [3.63, 3.8) is 0 Å². The van der Waals surface area contributed by atoms with Crippen LogP contribution in [0, 0.1) is 0 Å². The van der Waals surface area contributed by atoms with E-state index in [4.69, 9.17) is 15.2 Å². The first-order valence-electron chi connectivity index (χ1n) is 5.89. The molecule has 1 aromatic heterocycles. The predicted octanol–water partition coefficient (Wildman–Crippen LogP) is 1.71. The average Bonchev–Trinajstić information content (AvgIpc) is 2.88.